The minimum absolute atomic E-state index is 0.120. The van der Waals surface area contributed by atoms with Crippen molar-refractivity contribution in [2.45, 2.75) is 63.5 Å². The molecule has 6 aromatic rings. The summed E-state index contributed by atoms with van der Waals surface area (Å²) in [6.45, 7) is 5.82. The van der Waals surface area contributed by atoms with E-state index in [0.29, 0.717) is 30.4 Å². The lowest BCUT2D eigenvalue weighted by atomic mass is 9.95. The average Bonchev–Trinajstić information content (AvgIpc) is 3.57. The van der Waals surface area contributed by atoms with Gasteiger partial charge in [-0.3, -0.25) is 9.79 Å². The lowest BCUT2D eigenvalue weighted by Gasteiger charge is -2.19. The van der Waals surface area contributed by atoms with Crippen LogP contribution in [-0.4, -0.2) is 45.6 Å². The minimum atomic E-state index is -3.98. The summed E-state index contributed by atoms with van der Waals surface area (Å²) < 4.78 is 40.8. The highest BCUT2D eigenvalue weighted by Gasteiger charge is 2.29. The van der Waals surface area contributed by atoms with Crippen molar-refractivity contribution in [1.82, 2.24) is 10.0 Å². The summed E-state index contributed by atoms with van der Waals surface area (Å²) in [7, 11) is -3.98. The van der Waals surface area contributed by atoms with E-state index in [1.54, 1.807) is 26.0 Å². The summed E-state index contributed by atoms with van der Waals surface area (Å²) in [6, 6.07) is 43.0. The number of sulfonamides is 1. The first-order valence-electron chi connectivity index (χ1n) is 20.8. The third-order valence-corrected chi connectivity index (χ3v) is 12.7. The molecule has 0 unspecified atom stereocenters. The summed E-state index contributed by atoms with van der Waals surface area (Å²) in [5, 5.41) is 5.16. The third-order valence-electron chi connectivity index (χ3n) is 11.1. The van der Waals surface area contributed by atoms with E-state index in [1.807, 2.05) is 110 Å². The Morgan fingerprint density at radius 2 is 1.37 bits per heavy atom. The fourth-order valence-electron chi connectivity index (χ4n) is 8.28. The Labute approximate surface area is 363 Å². The number of benzene rings is 6. The molecule has 0 aliphatic heterocycles. The van der Waals surface area contributed by atoms with E-state index in [2.05, 4.69) is 45.4 Å². The van der Waals surface area contributed by atoms with Crippen molar-refractivity contribution in [3.63, 3.8) is 0 Å². The van der Waals surface area contributed by atoms with Crippen molar-refractivity contribution < 1.29 is 27.5 Å². The van der Waals surface area contributed by atoms with Crippen LogP contribution >= 0.6 is 0 Å². The number of hydrogen-bond donors (Lipinski definition) is 3. The van der Waals surface area contributed by atoms with Gasteiger partial charge in [0.1, 0.15) is 13.2 Å². The molecular formula is C51H52N4O6S. The Morgan fingerprint density at radius 1 is 0.742 bits per heavy atom. The number of carbonyl (C=O) groups excluding carboxylic acids is 2. The molecule has 1 amide bonds. The first-order chi connectivity index (χ1) is 29.9. The first-order valence-corrected chi connectivity index (χ1v) is 22.3. The Balaban J connectivity index is 1.08. The number of fused-ring (bicyclic) bond motifs is 4. The Bertz CT molecular complexity index is 2660. The second-order valence-corrected chi connectivity index (χ2v) is 17.4. The molecule has 1 aliphatic carbocycles. The molecule has 1 aliphatic rings. The van der Waals surface area contributed by atoms with Crippen LogP contribution in [0.2, 0.25) is 0 Å². The quantitative estimate of drug-likeness (QED) is 0.0289. The van der Waals surface area contributed by atoms with Crippen LogP contribution in [0, 0.1) is 26.7 Å². The van der Waals surface area contributed by atoms with Gasteiger partial charge in [0.25, 0.3) is 10.0 Å². The van der Waals surface area contributed by atoms with Gasteiger partial charge in [-0.1, -0.05) is 151 Å². The zero-order chi connectivity index (χ0) is 43.6. The van der Waals surface area contributed by atoms with Crippen LogP contribution in [0.3, 0.4) is 0 Å². The van der Waals surface area contributed by atoms with Crippen LogP contribution in [0.25, 0.3) is 21.9 Å². The molecule has 7 rings (SSSR count). The molecule has 62 heavy (non-hydrogen) atoms. The topological polar surface area (TPSA) is 149 Å². The number of amides is 1. The molecule has 10 nitrogen and oxygen atoms in total. The smallest absolute Gasteiger partial charge is 0.407 e. The monoisotopic (exact) mass is 848 g/mol. The van der Waals surface area contributed by atoms with E-state index in [0.717, 1.165) is 49.7 Å². The van der Waals surface area contributed by atoms with Crippen LogP contribution in [0.5, 0.6) is 0 Å². The summed E-state index contributed by atoms with van der Waals surface area (Å²) in [6.07, 6.45) is 4.14. The molecule has 318 valence electrons. The van der Waals surface area contributed by atoms with Crippen LogP contribution in [0.15, 0.2) is 156 Å². The van der Waals surface area contributed by atoms with E-state index in [9.17, 15) is 18.0 Å². The fourth-order valence-corrected chi connectivity index (χ4v) is 9.69. The molecule has 0 saturated carbocycles. The standard InChI is InChI=1S/C51H52N4O6S/c1-34-28-35(2)48(36(3)29-34)62(58,59)55-50(52)53-27-13-18-42(54-51(57)61-33-47-45-21-11-9-19-43(45)44-20-10-12-22-46(44)47)26-25-41(49(56)60-32-37-14-5-4-6-15-37)31-38-23-24-39-16-7-8-17-40(39)30-38/h4-12,14-17,19-26,28-30,41-42,47H,13,18,27,31-33H2,1-3H3,(H,54,57)(H3,52,53,55)/b26-25+/t41-,42+/m1/s1. The second-order valence-electron chi connectivity index (χ2n) is 15.8. The maximum atomic E-state index is 13.8. The van der Waals surface area contributed by atoms with Crippen molar-refractivity contribution >= 4 is 38.8 Å². The maximum Gasteiger partial charge on any atom is 0.407 e. The molecule has 0 spiro atoms. The van der Waals surface area contributed by atoms with Gasteiger partial charge in [0.05, 0.1) is 16.9 Å². The number of aliphatic imine (C=N–C) groups is 1. The van der Waals surface area contributed by atoms with Gasteiger partial charge in [0, 0.05) is 12.5 Å². The molecule has 0 heterocycles. The number of alkyl carbamates (subject to hydrolysis) is 1. The molecule has 0 radical (unpaired) electrons. The van der Waals surface area contributed by atoms with Crippen molar-refractivity contribution in [2.75, 3.05) is 13.2 Å². The van der Waals surface area contributed by atoms with Gasteiger partial charge in [-0.05, 0) is 95.3 Å². The SMILES string of the molecule is Cc1cc(C)c(S(=O)(=O)NC(N)=NCCC[C@@H](/C=C/[C@H](Cc2ccc3ccccc3c2)C(=O)OCc2ccccc2)NC(=O)OCC2c3ccccc3-c3ccccc32)c(C)c1. The molecule has 4 N–H and O–H groups in total. The Hall–Kier alpha value is -6.72. The number of nitrogens with two attached hydrogens (primary N) is 1. The lowest BCUT2D eigenvalue weighted by molar-refractivity contribution is -0.148. The zero-order valence-corrected chi connectivity index (χ0v) is 36.0. The number of ether oxygens (including phenoxy) is 2. The second kappa shape index (κ2) is 19.8. The van der Waals surface area contributed by atoms with E-state index < -0.39 is 34.0 Å². The van der Waals surface area contributed by atoms with Crippen LogP contribution < -0.4 is 15.8 Å². The molecule has 2 atom stereocenters. The largest absolute Gasteiger partial charge is 0.460 e. The van der Waals surface area contributed by atoms with E-state index >= 15 is 0 Å². The summed E-state index contributed by atoms with van der Waals surface area (Å²) >= 11 is 0. The highest BCUT2D eigenvalue weighted by molar-refractivity contribution is 7.90. The predicted molar refractivity (Wildman–Crippen MR) is 245 cm³/mol. The number of hydrogen-bond acceptors (Lipinski definition) is 7. The fraction of sp³-hybridized carbons (Fsp3) is 0.235. The number of rotatable bonds is 16. The first kappa shape index (κ1) is 43.4. The number of carbonyl (C=O) groups is 2. The van der Waals surface area contributed by atoms with E-state index in [-0.39, 0.29) is 36.5 Å². The molecular weight excluding hydrogens is 797 g/mol. The van der Waals surface area contributed by atoms with Gasteiger partial charge in [-0.25, -0.2) is 17.9 Å². The minimum Gasteiger partial charge on any atom is -0.460 e. The van der Waals surface area contributed by atoms with Gasteiger partial charge in [-0.2, -0.15) is 0 Å². The summed E-state index contributed by atoms with van der Waals surface area (Å²) in [5.74, 6) is -1.44. The number of nitrogens with one attached hydrogen (secondary N) is 2. The number of aryl methyl sites for hydroxylation is 3. The number of esters is 1. The molecule has 0 saturated heterocycles. The molecule has 11 heteroatoms. The predicted octanol–water partition coefficient (Wildman–Crippen LogP) is 9.20. The molecule has 0 aromatic heterocycles. The van der Waals surface area contributed by atoms with Gasteiger partial charge >= 0.3 is 12.1 Å². The third kappa shape index (κ3) is 10.8. The van der Waals surface area contributed by atoms with Crippen molar-refractivity contribution in [3.05, 3.63) is 185 Å². The van der Waals surface area contributed by atoms with E-state index in [1.165, 1.54) is 0 Å². The highest BCUT2D eigenvalue weighted by Crippen LogP contribution is 2.44. The number of nitrogens with zero attached hydrogens (tertiary/aromatic N) is 1. The van der Waals surface area contributed by atoms with Crippen molar-refractivity contribution in [3.8, 4) is 11.1 Å². The maximum absolute atomic E-state index is 13.8. The van der Waals surface area contributed by atoms with Crippen LogP contribution in [0.4, 0.5) is 4.79 Å². The van der Waals surface area contributed by atoms with Gasteiger partial charge in [0.2, 0.25) is 5.96 Å². The van der Waals surface area contributed by atoms with Gasteiger partial charge in [-0.15, -0.1) is 0 Å². The van der Waals surface area contributed by atoms with E-state index in [4.69, 9.17) is 15.2 Å². The van der Waals surface area contributed by atoms with Gasteiger partial charge < -0.3 is 20.5 Å². The Kier molecular flexibility index (Phi) is 13.8. The van der Waals surface area contributed by atoms with Crippen molar-refractivity contribution in [2.24, 2.45) is 16.6 Å². The van der Waals surface area contributed by atoms with Crippen molar-refractivity contribution in [1.29, 1.82) is 0 Å². The molecule has 6 aromatic carbocycles. The Morgan fingerprint density at radius 3 is 2.06 bits per heavy atom. The zero-order valence-electron chi connectivity index (χ0n) is 35.2. The van der Waals surface area contributed by atoms with Crippen LogP contribution in [0.1, 0.15) is 57.7 Å². The summed E-state index contributed by atoms with van der Waals surface area (Å²) in [4.78, 5) is 31.9. The van der Waals surface area contributed by atoms with Gasteiger partial charge in [0.15, 0.2) is 0 Å². The summed E-state index contributed by atoms with van der Waals surface area (Å²) in [5.41, 5.74) is 14.6. The highest BCUT2D eigenvalue weighted by atomic mass is 32.2. The lowest BCUT2D eigenvalue weighted by Crippen LogP contribution is -2.37. The normalized spacial score (nSPS) is 13.6. The number of guanidine groups is 1. The van der Waals surface area contributed by atoms with Crippen LogP contribution in [-0.2, 0) is 37.3 Å². The molecule has 0 fully saturated rings. The average molecular weight is 849 g/mol. The molecule has 0 bridgehead atoms.